The van der Waals surface area contributed by atoms with E-state index in [2.05, 4.69) is 214 Å². The maximum absolute atomic E-state index is 2.68. The van der Waals surface area contributed by atoms with Crippen molar-refractivity contribution in [3.63, 3.8) is 0 Å². The highest BCUT2D eigenvalue weighted by atomic mass is 15.0. The summed E-state index contributed by atoms with van der Waals surface area (Å²) in [4.78, 5) is 0. The molecule has 0 amide bonds. The van der Waals surface area contributed by atoms with Crippen LogP contribution in [0.1, 0.15) is 52.7 Å². The van der Waals surface area contributed by atoms with Crippen molar-refractivity contribution in [2.45, 2.75) is 52.4 Å². The van der Waals surface area contributed by atoms with Gasteiger partial charge in [-0.2, -0.15) is 0 Å². The Bertz CT molecular complexity index is 4340. The van der Waals surface area contributed by atoms with E-state index in [-0.39, 0.29) is 17.5 Å². The Labute approximate surface area is 377 Å². The van der Waals surface area contributed by atoms with E-state index < -0.39 is 0 Å². The summed E-state index contributed by atoms with van der Waals surface area (Å²) in [5.74, 6) is 0. The van der Waals surface area contributed by atoms with Crippen LogP contribution in [-0.2, 0) is 10.8 Å². The lowest BCUT2D eigenvalue weighted by Crippen LogP contribution is -2.59. The van der Waals surface area contributed by atoms with Gasteiger partial charge in [-0.05, 0) is 140 Å². The minimum atomic E-state index is -0.0656. The topological polar surface area (TPSA) is 9.86 Å². The van der Waals surface area contributed by atoms with Crippen LogP contribution < -0.4 is 16.4 Å². The molecule has 0 N–H and O–H groups in total. The number of fused-ring (bicyclic) bond motifs is 24. The van der Waals surface area contributed by atoms with Crippen LogP contribution in [0.15, 0.2) is 164 Å². The lowest BCUT2D eigenvalue weighted by atomic mass is 9.33. The van der Waals surface area contributed by atoms with Gasteiger partial charge in [0.15, 0.2) is 0 Å². The first-order valence-corrected chi connectivity index (χ1v) is 23.4. The molecule has 65 heavy (non-hydrogen) atoms. The molecule has 0 fully saturated rings. The quantitative estimate of drug-likeness (QED) is 0.106. The molecule has 306 valence electrons. The summed E-state index contributed by atoms with van der Waals surface area (Å²) in [6.45, 7) is 14.2. The highest BCUT2D eigenvalue weighted by Gasteiger charge is 2.43. The summed E-state index contributed by atoms with van der Waals surface area (Å²) < 4.78 is 5.32. The molecule has 0 bridgehead atoms. The fourth-order valence-corrected chi connectivity index (χ4v) is 12.8. The second-order valence-electron chi connectivity index (χ2n) is 21.2. The summed E-state index contributed by atoms with van der Waals surface area (Å²) in [7, 11) is 0. The van der Waals surface area contributed by atoms with Crippen molar-refractivity contribution in [1.29, 1.82) is 0 Å². The van der Waals surface area contributed by atoms with Crippen LogP contribution >= 0.6 is 0 Å². The fourth-order valence-electron chi connectivity index (χ4n) is 12.8. The first-order valence-electron chi connectivity index (χ1n) is 23.4. The van der Waals surface area contributed by atoms with E-state index in [4.69, 9.17) is 0 Å². The number of hydrogen-bond donors (Lipinski definition) is 0. The lowest BCUT2D eigenvalue weighted by Gasteiger charge is -2.35. The van der Waals surface area contributed by atoms with Gasteiger partial charge >= 0.3 is 0 Å². The van der Waals surface area contributed by atoms with Crippen molar-refractivity contribution in [3.05, 3.63) is 175 Å². The Balaban J connectivity index is 1.24. The molecular weight excluding hydrogens is 784 g/mol. The first-order chi connectivity index (χ1) is 31.6. The van der Waals surface area contributed by atoms with Gasteiger partial charge in [0.2, 0.25) is 0 Å². The zero-order valence-corrected chi connectivity index (χ0v) is 37.6. The molecule has 0 spiro atoms. The smallest absolute Gasteiger partial charge is 0.253 e. The van der Waals surface area contributed by atoms with Crippen molar-refractivity contribution in [2.24, 2.45) is 0 Å². The second kappa shape index (κ2) is 11.9. The SMILES string of the molecule is CC(C)(C)c1ccc2c(c1)c1cc(C(C)(C)C)cc3c1n2-c1cccc2c1B3c1c3c4ccccc4c4ccccc4c3cc3c4c5c6ccccc6c6ccccc6c5ccc4n-2c13. The number of aromatic nitrogens is 2. The molecular formula is C62H45BN2. The number of rotatable bonds is 0. The van der Waals surface area contributed by atoms with Gasteiger partial charge in [0.05, 0.1) is 16.6 Å². The Hall–Kier alpha value is -7.36. The zero-order valence-electron chi connectivity index (χ0n) is 37.6. The van der Waals surface area contributed by atoms with Crippen LogP contribution in [-0.4, -0.2) is 15.8 Å². The minimum Gasteiger partial charge on any atom is -0.310 e. The number of nitrogens with zero attached hydrogens (tertiary/aromatic N) is 2. The van der Waals surface area contributed by atoms with Crippen LogP contribution in [0.25, 0.3) is 120 Å². The van der Waals surface area contributed by atoms with Crippen LogP contribution in [0.5, 0.6) is 0 Å². The molecule has 2 aromatic heterocycles. The summed E-state index contributed by atoms with van der Waals surface area (Å²) in [6.07, 6.45) is 0. The predicted molar refractivity (Wildman–Crippen MR) is 282 cm³/mol. The molecule has 0 atom stereocenters. The lowest BCUT2D eigenvalue weighted by molar-refractivity contribution is 0.590. The van der Waals surface area contributed by atoms with Crippen molar-refractivity contribution >= 4 is 131 Å². The third-order valence-corrected chi connectivity index (χ3v) is 15.7. The van der Waals surface area contributed by atoms with E-state index in [1.54, 1.807) is 0 Å². The molecule has 3 heteroatoms. The van der Waals surface area contributed by atoms with Gasteiger partial charge in [-0.25, -0.2) is 0 Å². The van der Waals surface area contributed by atoms with Gasteiger partial charge in [-0.3, -0.25) is 0 Å². The Kier molecular flexibility index (Phi) is 6.57. The molecule has 15 rings (SSSR count). The molecule has 2 aliphatic rings. The first kappa shape index (κ1) is 36.0. The van der Waals surface area contributed by atoms with Gasteiger partial charge in [0, 0.05) is 43.8 Å². The fraction of sp³-hybridized carbons (Fsp3) is 0.129. The molecule has 4 heterocycles. The number of benzene rings is 11. The van der Waals surface area contributed by atoms with E-state index >= 15 is 0 Å². The van der Waals surface area contributed by atoms with Crippen LogP contribution in [0, 0.1) is 0 Å². The normalized spacial score (nSPS) is 13.7. The van der Waals surface area contributed by atoms with Gasteiger partial charge < -0.3 is 9.13 Å². The highest BCUT2D eigenvalue weighted by molar-refractivity contribution is 7.02. The summed E-state index contributed by atoms with van der Waals surface area (Å²) in [6, 6.07) is 63.5. The van der Waals surface area contributed by atoms with Gasteiger partial charge in [-0.15, -0.1) is 0 Å². The third-order valence-electron chi connectivity index (χ3n) is 15.7. The maximum atomic E-state index is 2.68. The monoisotopic (exact) mass is 828 g/mol. The van der Waals surface area contributed by atoms with Crippen LogP contribution in [0.3, 0.4) is 0 Å². The molecule has 0 unspecified atom stereocenters. The summed E-state index contributed by atoms with van der Waals surface area (Å²) in [5.41, 5.74) is 14.7. The van der Waals surface area contributed by atoms with Crippen molar-refractivity contribution in [1.82, 2.24) is 9.13 Å². The molecule has 2 nitrogen and oxygen atoms in total. The van der Waals surface area contributed by atoms with Crippen LogP contribution in [0.4, 0.5) is 0 Å². The standard InChI is InChI=1S/C62H45BN2/c1-61(2,3)34-26-28-50-45(30-34)47-31-35(62(4,5)6)32-49-59(47)64(50)52-24-15-25-53-57(52)63(49)58-55-43-23-14-12-19-39(43)37-17-8-10-21-41(37)46(55)33-48-56-51(65(53)60(48)58)29-27-44-40-20-9-7-16-36(40)38-18-11-13-22-42(38)54(44)56/h7-33H,1-6H3. The van der Waals surface area contributed by atoms with E-state index in [0.29, 0.717) is 0 Å². The van der Waals surface area contributed by atoms with E-state index in [0.717, 1.165) is 0 Å². The van der Waals surface area contributed by atoms with Crippen molar-refractivity contribution in [2.75, 3.05) is 0 Å². The summed E-state index contributed by atoms with van der Waals surface area (Å²) in [5, 5.41) is 21.2. The van der Waals surface area contributed by atoms with Gasteiger partial charge in [-0.1, -0.05) is 163 Å². The average Bonchev–Trinajstić information content (AvgIpc) is 3.84. The molecule has 0 saturated carbocycles. The van der Waals surface area contributed by atoms with Gasteiger partial charge in [0.1, 0.15) is 0 Å². The number of hydrogen-bond acceptors (Lipinski definition) is 0. The van der Waals surface area contributed by atoms with Crippen LogP contribution in [0.2, 0.25) is 0 Å². The average molecular weight is 829 g/mol. The molecule has 0 aliphatic carbocycles. The largest absolute Gasteiger partial charge is 0.310 e. The van der Waals surface area contributed by atoms with Crippen molar-refractivity contribution in [3.8, 4) is 11.4 Å². The molecule has 0 saturated heterocycles. The predicted octanol–water partition coefficient (Wildman–Crippen LogP) is 14.5. The van der Waals surface area contributed by atoms with E-state index in [1.165, 1.54) is 147 Å². The van der Waals surface area contributed by atoms with Crippen molar-refractivity contribution < 1.29 is 0 Å². The highest BCUT2D eigenvalue weighted by Crippen LogP contribution is 2.48. The summed E-state index contributed by atoms with van der Waals surface area (Å²) >= 11 is 0. The van der Waals surface area contributed by atoms with Gasteiger partial charge in [0.25, 0.3) is 6.71 Å². The van der Waals surface area contributed by atoms with E-state index in [1.807, 2.05) is 0 Å². The maximum Gasteiger partial charge on any atom is 0.253 e. The molecule has 11 aromatic carbocycles. The third kappa shape index (κ3) is 4.37. The molecule has 13 aromatic rings. The molecule has 2 aliphatic heterocycles. The second-order valence-corrected chi connectivity index (χ2v) is 21.2. The Morgan fingerprint density at radius 1 is 0.323 bits per heavy atom. The zero-order chi connectivity index (χ0) is 43.4. The van der Waals surface area contributed by atoms with E-state index in [9.17, 15) is 0 Å². The molecule has 0 radical (unpaired) electrons. The minimum absolute atomic E-state index is 0.0127. The Morgan fingerprint density at radius 2 is 0.815 bits per heavy atom. The Morgan fingerprint density at radius 3 is 1.42 bits per heavy atom.